The van der Waals surface area contributed by atoms with Crippen LogP contribution < -0.4 is 0 Å². The van der Waals surface area contributed by atoms with Gasteiger partial charge in [0.05, 0.1) is 38.6 Å². The van der Waals surface area contributed by atoms with Crippen LogP contribution in [0, 0.1) is 50.2 Å². The van der Waals surface area contributed by atoms with Crippen molar-refractivity contribution < 1.29 is 109 Å². The van der Waals surface area contributed by atoms with Crippen molar-refractivity contribution in [3.8, 4) is 0 Å². The Morgan fingerprint density at radius 1 is 0.541 bits per heavy atom. The van der Waals surface area contributed by atoms with E-state index in [2.05, 4.69) is 48.5 Å². The normalized spacial score (nSPS) is 56.8. The second-order valence-electron chi connectivity index (χ2n) is 26.1. The van der Waals surface area contributed by atoms with E-state index in [1.165, 1.54) is 0 Å². The SMILES string of the molecule is CC1(C)CC[C@]23C(=O)O[C@@]4(CC[C@@H]5[C@@]6(C)CC[C@H](O[C@@H]7OC[C@H](O[C@@H]8O[C@H](CO)[C@@H](O)[C@H](O)[C@H]8O[C@@H]8OC[C@@H](O)[C@H](O)[C@H]8O)[C@H](O)[C@H]7O[C@@H]7O[C@H](CO)[C@@H](O)[C@H](O)[C@H]7O)C(C)(C)[C@@H]6CC[C@@]5(C)[C@]4(C)C[C@H]2O)[C@@H]3C1. The number of rotatable bonds is 10. The van der Waals surface area contributed by atoms with Gasteiger partial charge in [-0.05, 0) is 97.7 Å². The summed E-state index contributed by atoms with van der Waals surface area (Å²) in [5.74, 6) is 0.0118. The molecule has 0 amide bonds. The Hall–Kier alpha value is -1.33. The maximum Gasteiger partial charge on any atom is 0.315 e. The first-order valence-corrected chi connectivity index (χ1v) is 27.1. The Morgan fingerprint density at radius 3 is 1.84 bits per heavy atom. The van der Waals surface area contributed by atoms with Crippen LogP contribution in [0.3, 0.4) is 0 Å². The first-order valence-electron chi connectivity index (χ1n) is 27.1. The minimum Gasteiger partial charge on any atom is -0.458 e. The van der Waals surface area contributed by atoms with Gasteiger partial charge in [0.2, 0.25) is 0 Å². The predicted molar refractivity (Wildman–Crippen MR) is 250 cm³/mol. The number of fused-ring (bicyclic) bond motifs is 4. The predicted octanol–water partition coefficient (Wildman–Crippen LogP) is -1.55. The Bertz CT molecular complexity index is 2050. The van der Waals surface area contributed by atoms with Gasteiger partial charge in [-0.15, -0.1) is 0 Å². The molecule has 1 spiro atoms. The molecule has 0 unspecified atom stereocenters. The number of carbonyl (C=O) groups is 1. The Kier molecular flexibility index (Phi) is 14.7. The molecule has 5 saturated heterocycles. The number of ether oxygens (including phenoxy) is 9. The van der Waals surface area contributed by atoms with Crippen LogP contribution in [-0.4, -0.2) is 222 Å². The molecule has 0 radical (unpaired) electrons. The van der Waals surface area contributed by atoms with Crippen molar-refractivity contribution >= 4 is 5.97 Å². The molecule has 22 heteroatoms. The third kappa shape index (κ3) is 8.19. The number of aliphatic hydroxyl groups excluding tert-OH is 12. The third-order valence-electron chi connectivity index (χ3n) is 21.7. The van der Waals surface area contributed by atoms with Crippen LogP contribution in [0.5, 0.6) is 0 Å². The van der Waals surface area contributed by atoms with Crippen molar-refractivity contribution in [3.63, 3.8) is 0 Å². The van der Waals surface area contributed by atoms with Gasteiger partial charge in [-0.2, -0.15) is 0 Å². The van der Waals surface area contributed by atoms with Crippen molar-refractivity contribution in [2.75, 3.05) is 26.4 Å². The minimum absolute atomic E-state index is 0.00950. The minimum atomic E-state index is -1.89. The van der Waals surface area contributed by atoms with Gasteiger partial charge in [0.25, 0.3) is 0 Å². The van der Waals surface area contributed by atoms with Gasteiger partial charge in [0, 0.05) is 11.3 Å². The molecule has 12 N–H and O–H groups in total. The molecule has 0 aromatic carbocycles. The summed E-state index contributed by atoms with van der Waals surface area (Å²) in [4.78, 5) is 14.2. The van der Waals surface area contributed by atoms with E-state index in [1.807, 2.05) is 0 Å². The third-order valence-corrected chi connectivity index (χ3v) is 21.7. The number of hydrogen-bond donors (Lipinski definition) is 12. The summed E-state index contributed by atoms with van der Waals surface area (Å²) in [6.07, 6.45) is -24.0. The quantitative estimate of drug-likeness (QED) is 0.0871. The van der Waals surface area contributed by atoms with E-state index in [0.29, 0.717) is 19.3 Å². The van der Waals surface area contributed by atoms with E-state index >= 15 is 0 Å². The summed E-state index contributed by atoms with van der Waals surface area (Å²) < 4.78 is 55.5. The van der Waals surface area contributed by atoms with E-state index in [4.69, 9.17) is 42.6 Å². The maximum absolute atomic E-state index is 14.2. The van der Waals surface area contributed by atoms with Crippen molar-refractivity contribution in [1.82, 2.24) is 0 Å². The molecule has 424 valence electrons. The lowest BCUT2D eigenvalue weighted by atomic mass is 9.30. The van der Waals surface area contributed by atoms with Crippen LogP contribution in [0.2, 0.25) is 0 Å². The van der Waals surface area contributed by atoms with Gasteiger partial charge in [-0.3, -0.25) is 4.79 Å². The molecule has 10 fully saturated rings. The fraction of sp³-hybridized carbons (Fsp3) is 0.981. The van der Waals surface area contributed by atoms with Crippen LogP contribution >= 0.6 is 0 Å². The lowest BCUT2D eigenvalue weighted by Gasteiger charge is -2.74. The molecule has 22 nitrogen and oxygen atoms in total. The summed E-state index contributed by atoms with van der Waals surface area (Å²) in [6.45, 7) is 13.5. The average molecular weight is 1060 g/mol. The zero-order chi connectivity index (χ0) is 53.6. The number of carbonyl (C=O) groups excluding carboxylic acids is 1. The van der Waals surface area contributed by atoms with Crippen LogP contribution in [-0.2, 0) is 47.4 Å². The highest BCUT2D eigenvalue weighted by molar-refractivity contribution is 5.82. The van der Waals surface area contributed by atoms with Gasteiger partial charge in [0.1, 0.15) is 96.5 Å². The van der Waals surface area contributed by atoms with Gasteiger partial charge in [-0.25, -0.2) is 0 Å². The van der Waals surface area contributed by atoms with Gasteiger partial charge in [0.15, 0.2) is 25.2 Å². The summed E-state index contributed by atoms with van der Waals surface area (Å²) in [6, 6.07) is 0. The Labute approximate surface area is 431 Å². The Balaban J connectivity index is 0.904. The zero-order valence-corrected chi connectivity index (χ0v) is 43.6. The molecule has 2 bridgehead atoms. The lowest BCUT2D eigenvalue weighted by Crippen LogP contribution is -2.74. The van der Waals surface area contributed by atoms with Crippen molar-refractivity contribution in [2.24, 2.45) is 50.2 Å². The summed E-state index contributed by atoms with van der Waals surface area (Å²) in [7, 11) is 0. The highest BCUT2D eigenvalue weighted by Gasteiger charge is 2.83. The van der Waals surface area contributed by atoms with Crippen LogP contribution in [0.15, 0.2) is 0 Å². The topological polar surface area (TPSA) is 343 Å². The van der Waals surface area contributed by atoms with Crippen molar-refractivity contribution in [2.45, 2.75) is 241 Å². The summed E-state index contributed by atoms with van der Waals surface area (Å²) >= 11 is 0. The summed E-state index contributed by atoms with van der Waals surface area (Å²) in [5, 5.41) is 130. The number of esters is 1. The molecule has 5 saturated carbocycles. The largest absolute Gasteiger partial charge is 0.458 e. The highest BCUT2D eigenvalue weighted by Crippen LogP contribution is 2.81. The zero-order valence-electron chi connectivity index (χ0n) is 43.6. The molecule has 5 heterocycles. The van der Waals surface area contributed by atoms with Crippen LogP contribution in [0.1, 0.15) is 113 Å². The molecule has 10 aliphatic rings. The lowest BCUT2D eigenvalue weighted by molar-refractivity contribution is -0.392. The molecular weight excluding hydrogens is 977 g/mol. The summed E-state index contributed by atoms with van der Waals surface area (Å²) in [5.41, 5.74) is -3.09. The van der Waals surface area contributed by atoms with Gasteiger partial charge < -0.3 is 104 Å². The number of hydrogen-bond acceptors (Lipinski definition) is 22. The maximum atomic E-state index is 14.2. The molecule has 0 aromatic heterocycles. The standard InChI is InChI=1S/C52H84O22/c1-46(2)14-15-51-28(16-46)52(74-45(51)65)13-9-27-48(5)11-10-30(47(3,4)26(48)8-12-49(27,6)50(52,7)17-29(51)56)71-43-39(73-42-38(64)35(61)32(58)23(18-53)68-42)34(60)25(21-67-43)70-44-40(36(62)33(59)24(19-54)69-44)72-41-37(63)31(57)22(55)20-66-41/h22-44,53-64H,8-21H2,1-7H3/t22-,23-,24-,25+,26+,27-,28-,29-,30+,31+,32-,33-,34+,35+,36+,37-,38-,39-,40-,41+,42+,43+,44+,48+,49-,50+,51-,52+/m1/s1. The monoisotopic (exact) mass is 1060 g/mol. The molecule has 5 aliphatic heterocycles. The molecule has 10 rings (SSSR count). The van der Waals surface area contributed by atoms with Crippen molar-refractivity contribution in [3.05, 3.63) is 0 Å². The van der Waals surface area contributed by atoms with Gasteiger partial charge >= 0.3 is 5.97 Å². The van der Waals surface area contributed by atoms with Crippen LogP contribution in [0.25, 0.3) is 0 Å². The molecule has 74 heavy (non-hydrogen) atoms. The molecular formula is C52H84O22. The van der Waals surface area contributed by atoms with Crippen molar-refractivity contribution in [1.29, 1.82) is 0 Å². The van der Waals surface area contributed by atoms with Crippen LogP contribution in [0.4, 0.5) is 0 Å². The second kappa shape index (κ2) is 19.4. The fourth-order valence-electron chi connectivity index (χ4n) is 17.3. The average Bonchev–Trinajstić information content (AvgIpc) is 3.56. The Morgan fingerprint density at radius 2 is 1.15 bits per heavy atom. The van der Waals surface area contributed by atoms with E-state index in [0.717, 1.165) is 44.9 Å². The second-order valence-corrected chi connectivity index (χ2v) is 26.1. The molecule has 5 aliphatic carbocycles. The first-order chi connectivity index (χ1) is 34.7. The van der Waals surface area contributed by atoms with Gasteiger partial charge in [-0.1, -0.05) is 48.5 Å². The van der Waals surface area contributed by atoms with E-state index in [-0.39, 0.29) is 40.0 Å². The van der Waals surface area contributed by atoms with E-state index in [9.17, 15) is 66.1 Å². The van der Waals surface area contributed by atoms with E-state index < -0.39 is 171 Å². The fourth-order valence-corrected chi connectivity index (χ4v) is 17.3. The smallest absolute Gasteiger partial charge is 0.315 e. The highest BCUT2D eigenvalue weighted by atomic mass is 16.8. The molecule has 28 atom stereocenters. The molecule has 0 aromatic rings. The number of aliphatic hydroxyl groups is 12. The first kappa shape index (κ1) is 56.0. The van der Waals surface area contributed by atoms with E-state index in [1.54, 1.807) is 0 Å².